The number of aryl methyl sites for hydroxylation is 1. The zero-order valence-corrected chi connectivity index (χ0v) is 10.7. The van der Waals surface area contributed by atoms with E-state index in [-0.39, 0.29) is 0 Å². The van der Waals surface area contributed by atoms with Gasteiger partial charge in [0.25, 0.3) is 0 Å². The van der Waals surface area contributed by atoms with Crippen molar-refractivity contribution in [1.29, 1.82) is 0 Å². The first-order valence-corrected chi connectivity index (χ1v) is 7.29. The molecule has 1 nitrogen and oxygen atoms in total. The third-order valence-electron chi connectivity index (χ3n) is 3.35. The van der Waals surface area contributed by atoms with Crippen molar-refractivity contribution in [2.45, 2.75) is 38.2 Å². The molecule has 1 heterocycles. The Morgan fingerprint density at radius 3 is 2.38 bits per heavy atom. The highest BCUT2D eigenvalue weighted by molar-refractivity contribution is 7.99. The van der Waals surface area contributed by atoms with Crippen molar-refractivity contribution in [3.63, 3.8) is 0 Å². The van der Waals surface area contributed by atoms with E-state index in [1.807, 2.05) is 11.8 Å². The second kappa shape index (κ2) is 5.24. The number of aliphatic hydroxyl groups is 1. The maximum Gasteiger partial charge on any atom is 0.0912 e. The largest absolute Gasteiger partial charge is 0.385 e. The molecule has 0 aromatic heterocycles. The van der Waals surface area contributed by atoms with E-state index < -0.39 is 5.60 Å². The van der Waals surface area contributed by atoms with Gasteiger partial charge in [0, 0.05) is 0 Å². The molecule has 0 atom stereocenters. The molecular formula is C14H20OS. The summed E-state index contributed by atoms with van der Waals surface area (Å²) in [5.74, 6) is 2.15. The van der Waals surface area contributed by atoms with Crippen molar-refractivity contribution in [2.75, 3.05) is 11.5 Å². The Bertz CT molecular complexity index is 325. The number of thioether (sulfide) groups is 1. The zero-order valence-electron chi connectivity index (χ0n) is 9.91. The lowest BCUT2D eigenvalue weighted by Gasteiger charge is -2.32. The van der Waals surface area contributed by atoms with Gasteiger partial charge in [0.1, 0.15) is 0 Å². The summed E-state index contributed by atoms with van der Waals surface area (Å²) in [5, 5.41) is 10.6. The van der Waals surface area contributed by atoms with Gasteiger partial charge in [-0.15, -0.1) is 0 Å². The molecule has 0 aliphatic carbocycles. The number of rotatable bonds is 3. The highest BCUT2D eigenvalue weighted by Gasteiger charge is 2.31. The van der Waals surface area contributed by atoms with Crippen LogP contribution in [0.5, 0.6) is 0 Å². The molecule has 2 heteroatoms. The van der Waals surface area contributed by atoms with Gasteiger partial charge in [-0.2, -0.15) is 11.8 Å². The highest BCUT2D eigenvalue weighted by Crippen LogP contribution is 2.35. The van der Waals surface area contributed by atoms with Gasteiger partial charge in [-0.25, -0.2) is 0 Å². The van der Waals surface area contributed by atoms with Crippen molar-refractivity contribution in [1.82, 2.24) is 0 Å². The van der Waals surface area contributed by atoms with Crippen LogP contribution in [0.15, 0.2) is 24.3 Å². The lowest BCUT2D eigenvalue weighted by molar-refractivity contribution is 0.0281. The third kappa shape index (κ3) is 2.61. The molecule has 0 spiro atoms. The molecule has 2 rings (SSSR count). The molecule has 1 fully saturated rings. The van der Waals surface area contributed by atoms with Crippen molar-refractivity contribution in [2.24, 2.45) is 0 Å². The minimum absolute atomic E-state index is 0.560. The molecule has 88 valence electrons. The van der Waals surface area contributed by atoms with Crippen LogP contribution in [0, 0.1) is 0 Å². The van der Waals surface area contributed by atoms with Gasteiger partial charge < -0.3 is 5.11 Å². The fourth-order valence-electron chi connectivity index (χ4n) is 2.27. The second-order valence-corrected chi connectivity index (χ2v) is 5.82. The molecule has 0 radical (unpaired) electrons. The summed E-state index contributed by atoms with van der Waals surface area (Å²) < 4.78 is 0. The van der Waals surface area contributed by atoms with E-state index in [1.54, 1.807) is 0 Å². The number of hydrogen-bond acceptors (Lipinski definition) is 2. The zero-order chi connectivity index (χ0) is 11.4. The Hall–Kier alpha value is -0.470. The molecular weight excluding hydrogens is 216 g/mol. The molecule has 0 bridgehead atoms. The summed E-state index contributed by atoms with van der Waals surface area (Å²) in [7, 11) is 0. The maximum absolute atomic E-state index is 10.6. The summed E-state index contributed by atoms with van der Waals surface area (Å²) in [6.45, 7) is 2.19. The molecule has 1 aliphatic heterocycles. The smallest absolute Gasteiger partial charge is 0.0912 e. The average molecular weight is 236 g/mol. The first-order chi connectivity index (χ1) is 7.74. The van der Waals surface area contributed by atoms with Crippen LogP contribution in [0.2, 0.25) is 0 Å². The van der Waals surface area contributed by atoms with E-state index in [0.717, 1.165) is 36.3 Å². The van der Waals surface area contributed by atoms with Gasteiger partial charge in [0.15, 0.2) is 0 Å². The van der Waals surface area contributed by atoms with Gasteiger partial charge in [-0.05, 0) is 41.9 Å². The lowest BCUT2D eigenvalue weighted by atomic mass is 9.87. The van der Waals surface area contributed by atoms with Crippen LogP contribution in [-0.4, -0.2) is 16.6 Å². The second-order valence-electron chi connectivity index (χ2n) is 4.59. The quantitative estimate of drug-likeness (QED) is 0.868. The fourth-order valence-corrected chi connectivity index (χ4v) is 3.44. The molecule has 16 heavy (non-hydrogen) atoms. The van der Waals surface area contributed by atoms with Crippen molar-refractivity contribution in [3.05, 3.63) is 35.4 Å². The van der Waals surface area contributed by atoms with E-state index >= 15 is 0 Å². The van der Waals surface area contributed by atoms with Gasteiger partial charge in [0.2, 0.25) is 0 Å². The summed E-state index contributed by atoms with van der Waals surface area (Å²) in [5.41, 5.74) is 1.92. The van der Waals surface area contributed by atoms with E-state index in [0.29, 0.717) is 0 Å². The predicted molar refractivity (Wildman–Crippen MR) is 70.9 cm³/mol. The van der Waals surface area contributed by atoms with Crippen molar-refractivity contribution >= 4 is 11.8 Å². The summed E-state index contributed by atoms with van der Waals surface area (Å²) in [4.78, 5) is 0. The highest BCUT2D eigenvalue weighted by atomic mass is 32.2. The van der Waals surface area contributed by atoms with E-state index in [4.69, 9.17) is 0 Å². The Morgan fingerprint density at radius 2 is 1.81 bits per heavy atom. The van der Waals surface area contributed by atoms with Crippen LogP contribution >= 0.6 is 11.8 Å². The minimum Gasteiger partial charge on any atom is -0.385 e. The predicted octanol–water partition coefficient (Wildman–Crippen LogP) is 3.35. The van der Waals surface area contributed by atoms with E-state index in [2.05, 4.69) is 31.2 Å². The molecule has 0 unspecified atom stereocenters. The fraction of sp³-hybridized carbons (Fsp3) is 0.571. The lowest BCUT2D eigenvalue weighted by Crippen LogP contribution is -2.30. The third-order valence-corrected chi connectivity index (χ3v) is 4.34. The molecule has 1 aromatic carbocycles. The average Bonchev–Trinajstić information content (AvgIpc) is 2.31. The van der Waals surface area contributed by atoms with Gasteiger partial charge >= 0.3 is 0 Å². The summed E-state index contributed by atoms with van der Waals surface area (Å²) in [6.07, 6.45) is 4.10. The Morgan fingerprint density at radius 1 is 1.19 bits per heavy atom. The standard InChI is InChI=1S/C14H20OS/c1-2-3-12-4-6-13(7-5-12)14(15)8-10-16-11-9-14/h4-7,15H,2-3,8-11H2,1H3. The van der Waals surface area contributed by atoms with Crippen LogP contribution < -0.4 is 0 Å². The molecule has 1 saturated heterocycles. The van der Waals surface area contributed by atoms with Gasteiger partial charge in [-0.1, -0.05) is 37.6 Å². The van der Waals surface area contributed by atoms with E-state index in [9.17, 15) is 5.11 Å². The first-order valence-electron chi connectivity index (χ1n) is 6.14. The molecule has 0 saturated carbocycles. The Labute approximate surface area is 102 Å². The number of benzene rings is 1. The molecule has 1 N–H and O–H groups in total. The molecule has 1 aliphatic rings. The van der Waals surface area contributed by atoms with Gasteiger partial charge in [0.05, 0.1) is 5.60 Å². The summed E-state index contributed by atoms with van der Waals surface area (Å²) >= 11 is 1.94. The van der Waals surface area contributed by atoms with Crippen LogP contribution in [0.4, 0.5) is 0 Å². The van der Waals surface area contributed by atoms with E-state index in [1.165, 1.54) is 12.0 Å². The topological polar surface area (TPSA) is 20.2 Å². The Kier molecular flexibility index (Phi) is 3.93. The first kappa shape index (κ1) is 12.0. The van der Waals surface area contributed by atoms with Crippen LogP contribution in [-0.2, 0) is 12.0 Å². The van der Waals surface area contributed by atoms with Crippen LogP contribution in [0.25, 0.3) is 0 Å². The van der Waals surface area contributed by atoms with Crippen molar-refractivity contribution < 1.29 is 5.11 Å². The molecule has 0 amide bonds. The monoisotopic (exact) mass is 236 g/mol. The normalized spacial score (nSPS) is 19.6. The number of hydrogen-bond donors (Lipinski definition) is 1. The Balaban J connectivity index is 2.13. The van der Waals surface area contributed by atoms with Crippen molar-refractivity contribution in [3.8, 4) is 0 Å². The van der Waals surface area contributed by atoms with Crippen LogP contribution in [0.1, 0.15) is 37.3 Å². The molecule has 1 aromatic rings. The maximum atomic E-state index is 10.6. The minimum atomic E-state index is -0.560. The van der Waals surface area contributed by atoms with Gasteiger partial charge in [-0.3, -0.25) is 0 Å². The SMILES string of the molecule is CCCc1ccc(C2(O)CCSCC2)cc1. The van der Waals surface area contributed by atoms with Crippen LogP contribution in [0.3, 0.4) is 0 Å². The summed E-state index contributed by atoms with van der Waals surface area (Å²) in [6, 6.07) is 8.55.